The highest BCUT2D eigenvalue weighted by atomic mass is 16.5. The van der Waals surface area contributed by atoms with Crippen molar-refractivity contribution in [2.45, 2.75) is 0 Å². The van der Waals surface area contributed by atoms with E-state index in [4.69, 9.17) is 4.74 Å². The van der Waals surface area contributed by atoms with Gasteiger partial charge < -0.3 is 4.74 Å². The van der Waals surface area contributed by atoms with Gasteiger partial charge in [-0.3, -0.25) is 9.48 Å². The van der Waals surface area contributed by atoms with Gasteiger partial charge in [0.1, 0.15) is 5.75 Å². The Balaban J connectivity index is 2.14. The van der Waals surface area contributed by atoms with Crippen LogP contribution in [0.4, 0.5) is 0 Å². The van der Waals surface area contributed by atoms with Gasteiger partial charge in [-0.15, -0.1) is 0 Å². The van der Waals surface area contributed by atoms with Gasteiger partial charge in [-0.25, -0.2) is 0 Å². The number of rotatable bonds is 4. The molecule has 0 radical (unpaired) electrons. The molecule has 4 nitrogen and oxygen atoms in total. The maximum Gasteiger partial charge on any atom is 0.186 e. The largest absolute Gasteiger partial charge is 0.497 e. The smallest absolute Gasteiger partial charge is 0.186 e. The Kier molecular flexibility index (Phi) is 3.57. The highest BCUT2D eigenvalue weighted by Gasteiger charge is 2.03. The first-order chi connectivity index (χ1) is 8.69. The quantitative estimate of drug-likeness (QED) is 0.610. The molecule has 0 atom stereocenters. The summed E-state index contributed by atoms with van der Waals surface area (Å²) in [6.45, 7) is 0. The Morgan fingerprint density at radius 1 is 1.39 bits per heavy atom. The van der Waals surface area contributed by atoms with Crippen molar-refractivity contribution in [2.75, 3.05) is 7.11 Å². The Labute approximate surface area is 106 Å². The van der Waals surface area contributed by atoms with E-state index in [9.17, 15) is 4.79 Å². The summed E-state index contributed by atoms with van der Waals surface area (Å²) in [6, 6.07) is 8.91. The van der Waals surface area contributed by atoms with E-state index in [1.165, 1.54) is 6.08 Å². The summed E-state index contributed by atoms with van der Waals surface area (Å²) in [7, 11) is 3.41. The fourth-order valence-electron chi connectivity index (χ4n) is 1.56. The van der Waals surface area contributed by atoms with Crippen molar-refractivity contribution in [1.82, 2.24) is 9.78 Å². The number of hydrogen-bond acceptors (Lipinski definition) is 3. The third-order valence-corrected chi connectivity index (χ3v) is 2.49. The molecule has 1 aromatic carbocycles. The number of ketones is 1. The van der Waals surface area contributed by atoms with Gasteiger partial charge in [-0.1, -0.05) is 12.1 Å². The fraction of sp³-hybridized carbons (Fsp3) is 0.143. The summed E-state index contributed by atoms with van der Waals surface area (Å²) in [5.41, 5.74) is 1.36. The molecule has 0 spiro atoms. The van der Waals surface area contributed by atoms with Gasteiger partial charge in [0, 0.05) is 18.8 Å². The maximum absolute atomic E-state index is 11.9. The summed E-state index contributed by atoms with van der Waals surface area (Å²) >= 11 is 0. The van der Waals surface area contributed by atoms with Crippen LogP contribution in [-0.2, 0) is 7.05 Å². The van der Waals surface area contributed by atoms with Gasteiger partial charge >= 0.3 is 0 Å². The molecule has 18 heavy (non-hydrogen) atoms. The molecule has 2 aromatic rings. The predicted octanol–water partition coefficient (Wildman–Crippen LogP) is 2.32. The van der Waals surface area contributed by atoms with Gasteiger partial charge in [0.15, 0.2) is 5.78 Å². The van der Waals surface area contributed by atoms with Crippen LogP contribution < -0.4 is 4.74 Å². The molecular formula is C14H14N2O2. The Hall–Kier alpha value is -2.36. The predicted molar refractivity (Wildman–Crippen MR) is 69.6 cm³/mol. The summed E-state index contributed by atoms with van der Waals surface area (Å²) in [5, 5.41) is 4.16. The fourth-order valence-corrected chi connectivity index (χ4v) is 1.56. The molecule has 0 fully saturated rings. The Morgan fingerprint density at radius 2 is 2.22 bits per heavy atom. The number of allylic oxidation sites excluding steroid dienone is 1. The van der Waals surface area contributed by atoms with Crippen LogP contribution in [0.25, 0.3) is 6.08 Å². The molecule has 0 aliphatic heterocycles. The molecule has 0 amide bonds. The zero-order valence-corrected chi connectivity index (χ0v) is 10.3. The van der Waals surface area contributed by atoms with E-state index in [2.05, 4.69) is 5.10 Å². The molecule has 0 aliphatic carbocycles. The highest BCUT2D eigenvalue weighted by Crippen LogP contribution is 2.13. The minimum Gasteiger partial charge on any atom is -0.497 e. The lowest BCUT2D eigenvalue weighted by atomic mass is 10.1. The minimum atomic E-state index is -0.0699. The molecule has 1 heterocycles. The van der Waals surface area contributed by atoms with E-state index in [0.29, 0.717) is 11.3 Å². The SMILES string of the molecule is COc1cccc(C(=O)/C=C/c2ccn(C)n2)c1. The lowest BCUT2D eigenvalue weighted by Gasteiger charge is -2.00. The second-order valence-corrected chi connectivity index (χ2v) is 3.84. The van der Waals surface area contributed by atoms with Gasteiger partial charge in [-0.05, 0) is 30.4 Å². The number of methoxy groups -OCH3 is 1. The van der Waals surface area contributed by atoms with Crippen LogP contribution in [0.2, 0.25) is 0 Å². The van der Waals surface area contributed by atoms with E-state index < -0.39 is 0 Å². The van der Waals surface area contributed by atoms with Crippen molar-refractivity contribution in [3.63, 3.8) is 0 Å². The van der Waals surface area contributed by atoms with Crippen LogP contribution in [0, 0.1) is 0 Å². The number of aryl methyl sites for hydroxylation is 1. The first kappa shape index (κ1) is 12.1. The lowest BCUT2D eigenvalue weighted by molar-refractivity contribution is 0.104. The maximum atomic E-state index is 11.9. The van der Waals surface area contributed by atoms with Crippen molar-refractivity contribution in [3.05, 3.63) is 53.9 Å². The third kappa shape index (κ3) is 2.85. The second-order valence-electron chi connectivity index (χ2n) is 3.84. The van der Waals surface area contributed by atoms with Crippen LogP contribution in [-0.4, -0.2) is 22.7 Å². The standard InChI is InChI=1S/C14H14N2O2/c1-16-9-8-12(15-16)6-7-14(17)11-4-3-5-13(10-11)18-2/h3-10H,1-2H3/b7-6+. The second kappa shape index (κ2) is 5.31. The molecular weight excluding hydrogens is 228 g/mol. The number of ether oxygens (including phenoxy) is 1. The van der Waals surface area contributed by atoms with Gasteiger partial charge in [0.25, 0.3) is 0 Å². The normalized spacial score (nSPS) is 10.8. The summed E-state index contributed by atoms with van der Waals surface area (Å²) in [5.74, 6) is 0.603. The highest BCUT2D eigenvalue weighted by molar-refractivity contribution is 6.06. The number of benzene rings is 1. The number of hydrogen-bond donors (Lipinski definition) is 0. The zero-order chi connectivity index (χ0) is 13.0. The topological polar surface area (TPSA) is 44.1 Å². The first-order valence-electron chi connectivity index (χ1n) is 5.55. The monoisotopic (exact) mass is 242 g/mol. The Morgan fingerprint density at radius 3 is 2.89 bits per heavy atom. The number of aromatic nitrogens is 2. The molecule has 4 heteroatoms. The van der Waals surface area contributed by atoms with Crippen molar-refractivity contribution in [3.8, 4) is 5.75 Å². The molecule has 0 saturated heterocycles. The van der Waals surface area contributed by atoms with Gasteiger partial charge in [0.05, 0.1) is 12.8 Å². The molecule has 2 rings (SSSR count). The molecule has 0 saturated carbocycles. The summed E-state index contributed by atoms with van der Waals surface area (Å²) in [6.07, 6.45) is 5.04. The van der Waals surface area contributed by atoms with E-state index in [1.807, 2.05) is 19.3 Å². The number of carbonyl (C=O) groups excluding carboxylic acids is 1. The summed E-state index contributed by atoms with van der Waals surface area (Å²) in [4.78, 5) is 11.9. The molecule has 92 valence electrons. The molecule has 0 N–H and O–H groups in total. The van der Waals surface area contributed by atoms with Gasteiger partial charge in [-0.2, -0.15) is 5.10 Å². The van der Waals surface area contributed by atoms with Crippen LogP contribution in [0.15, 0.2) is 42.6 Å². The minimum absolute atomic E-state index is 0.0699. The van der Waals surface area contributed by atoms with Crippen molar-refractivity contribution < 1.29 is 9.53 Å². The average Bonchev–Trinajstić information content (AvgIpc) is 2.82. The van der Waals surface area contributed by atoms with Crippen LogP contribution in [0.3, 0.4) is 0 Å². The average molecular weight is 242 g/mol. The van der Waals surface area contributed by atoms with E-state index in [-0.39, 0.29) is 5.78 Å². The molecule has 0 aliphatic rings. The van der Waals surface area contributed by atoms with Gasteiger partial charge in [0.2, 0.25) is 0 Å². The number of nitrogens with zero attached hydrogens (tertiary/aromatic N) is 2. The van der Waals surface area contributed by atoms with Crippen molar-refractivity contribution in [1.29, 1.82) is 0 Å². The van der Waals surface area contributed by atoms with Crippen LogP contribution in [0.5, 0.6) is 5.75 Å². The lowest BCUT2D eigenvalue weighted by Crippen LogP contribution is -1.95. The molecule has 0 unspecified atom stereocenters. The van der Waals surface area contributed by atoms with Crippen molar-refractivity contribution in [2.24, 2.45) is 7.05 Å². The summed E-state index contributed by atoms with van der Waals surface area (Å²) < 4.78 is 6.77. The number of carbonyl (C=O) groups is 1. The van der Waals surface area contributed by atoms with Crippen LogP contribution >= 0.6 is 0 Å². The molecule has 1 aromatic heterocycles. The van der Waals surface area contributed by atoms with E-state index >= 15 is 0 Å². The van der Waals surface area contributed by atoms with Crippen LogP contribution in [0.1, 0.15) is 16.1 Å². The van der Waals surface area contributed by atoms with E-state index in [0.717, 1.165) is 5.69 Å². The van der Waals surface area contributed by atoms with E-state index in [1.54, 1.807) is 42.1 Å². The molecule has 0 bridgehead atoms. The van der Waals surface area contributed by atoms with Crippen molar-refractivity contribution >= 4 is 11.9 Å². The first-order valence-corrected chi connectivity index (χ1v) is 5.55. The zero-order valence-electron chi connectivity index (χ0n) is 10.3. The third-order valence-electron chi connectivity index (χ3n) is 2.49. The Bertz CT molecular complexity index is 585.